The van der Waals surface area contributed by atoms with Gasteiger partial charge in [0.2, 0.25) is 5.91 Å². The Kier molecular flexibility index (Phi) is 4.59. The number of amides is 1. The van der Waals surface area contributed by atoms with E-state index in [0.29, 0.717) is 0 Å². The molecule has 0 radical (unpaired) electrons. The standard InChI is InChI=1S/C11H19NO3/c1-8(13)12-10(11(14)15-2)9-6-4-3-5-7-9/h9-10H,3-7H2,1-2H3,(H,12,13)/t10-/m1/s1. The molecule has 0 aromatic heterocycles. The number of hydrogen-bond donors (Lipinski definition) is 1. The zero-order valence-corrected chi connectivity index (χ0v) is 9.41. The van der Waals surface area contributed by atoms with Gasteiger partial charge in [-0.3, -0.25) is 4.79 Å². The van der Waals surface area contributed by atoms with Gasteiger partial charge in [0, 0.05) is 6.92 Å². The fourth-order valence-corrected chi connectivity index (χ4v) is 2.18. The summed E-state index contributed by atoms with van der Waals surface area (Å²) in [5.41, 5.74) is 0. The predicted octanol–water partition coefficient (Wildman–Crippen LogP) is 1.24. The highest BCUT2D eigenvalue weighted by Crippen LogP contribution is 2.26. The van der Waals surface area contributed by atoms with E-state index >= 15 is 0 Å². The lowest BCUT2D eigenvalue weighted by molar-refractivity contribution is -0.146. The van der Waals surface area contributed by atoms with Gasteiger partial charge in [0.1, 0.15) is 6.04 Å². The third-order valence-electron chi connectivity index (χ3n) is 2.94. The minimum absolute atomic E-state index is 0.170. The van der Waals surface area contributed by atoms with E-state index in [2.05, 4.69) is 5.32 Å². The monoisotopic (exact) mass is 213 g/mol. The molecule has 0 aliphatic heterocycles. The van der Waals surface area contributed by atoms with Gasteiger partial charge in [-0.05, 0) is 18.8 Å². The van der Waals surface area contributed by atoms with Crippen molar-refractivity contribution < 1.29 is 14.3 Å². The van der Waals surface area contributed by atoms with Crippen LogP contribution in [0.3, 0.4) is 0 Å². The lowest BCUT2D eigenvalue weighted by Crippen LogP contribution is -2.46. The third kappa shape index (κ3) is 3.53. The molecular weight excluding hydrogens is 194 g/mol. The average Bonchev–Trinajstić information content (AvgIpc) is 2.26. The molecule has 0 bridgehead atoms. The molecule has 0 saturated heterocycles. The molecule has 1 N–H and O–H groups in total. The Morgan fingerprint density at radius 2 is 1.87 bits per heavy atom. The summed E-state index contributed by atoms with van der Waals surface area (Å²) in [6.07, 6.45) is 5.50. The first-order chi connectivity index (χ1) is 7.15. The second-order valence-corrected chi connectivity index (χ2v) is 4.10. The summed E-state index contributed by atoms with van der Waals surface area (Å²) >= 11 is 0. The largest absolute Gasteiger partial charge is 0.467 e. The number of methoxy groups -OCH3 is 1. The summed E-state index contributed by atoms with van der Waals surface area (Å²) in [7, 11) is 1.36. The molecule has 0 unspecified atom stereocenters. The Hall–Kier alpha value is -1.06. The van der Waals surface area contributed by atoms with Crippen LogP contribution < -0.4 is 5.32 Å². The van der Waals surface area contributed by atoms with Gasteiger partial charge >= 0.3 is 5.97 Å². The number of rotatable bonds is 3. The van der Waals surface area contributed by atoms with Gasteiger partial charge in [0.15, 0.2) is 0 Å². The van der Waals surface area contributed by atoms with Crippen LogP contribution in [0, 0.1) is 5.92 Å². The van der Waals surface area contributed by atoms with E-state index in [9.17, 15) is 9.59 Å². The molecule has 4 nitrogen and oxygen atoms in total. The van der Waals surface area contributed by atoms with Crippen molar-refractivity contribution in [2.75, 3.05) is 7.11 Å². The van der Waals surface area contributed by atoms with Crippen molar-refractivity contribution in [1.29, 1.82) is 0 Å². The summed E-state index contributed by atoms with van der Waals surface area (Å²) in [4.78, 5) is 22.5. The summed E-state index contributed by atoms with van der Waals surface area (Å²) in [6, 6.07) is -0.451. The molecule has 1 aliphatic rings. The fraction of sp³-hybridized carbons (Fsp3) is 0.818. The molecule has 86 valence electrons. The minimum Gasteiger partial charge on any atom is -0.467 e. The van der Waals surface area contributed by atoms with Crippen molar-refractivity contribution in [1.82, 2.24) is 5.32 Å². The summed E-state index contributed by atoms with van der Waals surface area (Å²) in [5, 5.41) is 2.69. The van der Waals surface area contributed by atoms with Crippen LogP contribution in [0.25, 0.3) is 0 Å². The molecule has 0 aromatic rings. The van der Waals surface area contributed by atoms with Crippen LogP contribution in [0.1, 0.15) is 39.0 Å². The molecule has 1 atom stereocenters. The lowest BCUT2D eigenvalue weighted by atomic mass is 9.84. The van der Waals surface area contributed by atoms with Crippen LogP contribution in [0.15, 0.2) is 0 Å². The number of carbonyl (C=O) groups excluding carboxylic acids is 2. The highest BCUT2D eigenvalue weighted by molar-refractivity contribution is 5.83. The number of esters is 1. The Labute approximate surface area is 90.4 Å². The van der Waals surface area contributed by atoms with Crippen molar-refractivity contribution in [3.8, 4) is 0 Å². The van der Waals surface area contributed by atoms with Crippen molar-refractivity contribution in [2.24, 2.45) is 5.92 Å². The second kappa shape index (κ2) is 5.73. The highest BCUT2D eigenvalue weighted by Gasteiger charge is 2.30. The molecule has 1 saturated carbocycles. The Morgan fingerprint density at radius 1 is 1.27 bits per heavy atom. The van der Waals surface area contributed by atoms with Crippen molar-refractivity contribution in [3.63, 3.8) is 0 Å². The summed E-state index contributed by atoms with van der Waals surface area (Å²) < 4.78 is 4.71. The van der Waals surface area contributed by atoms with Crippen molar-refractivity contribution in [2.45, 2.75) is 45.1 Å². The first kappa shape index (κ1) is 12.0. The molecule has 1 aliphatic carbocycles. The zero-order chi connectivity index (χ0) is 11.3. The third-order valence-corrected chi connectivity index (χ3v) is 2.94. The van der Waals surface area contributed by atoms with E-state index in [0.717, 1.165) is 25.7 Å². The van der Waals surface area contributed by atoms with Crippen molar-refractivity contribution in [3.05, 3.63) is 0 Å². The number of hydrogen-bond acceptors (Lipinski definition) is 3. The maximum absolute atomic E-state index is 11.5. The number of nitrogens with one attached hydrogen (secondary N) is 1. The maximum atomic E-state index is 11.5. The van der Waals surface area contributed by atoms with Crippen LogP contribution in [0.5, 0.6) is 0 Å². The SMILES string of the molecule is COC(=O)[C@H](NC(C)=O)C1CCCCC1. The second-order valence-electron chi connectivity index (χ2n) is 4.10. The van der Waals surface area contributed by atoms with Crippen LogP contribution in [-0.2, 0) is 14.3 Å². The van der Waals surface area contributed by atoms with Crippen LogP contribution >= 0.6 is 0 Å². The molecule has 1 rings (SSSR count). The molecule has 0 spiro atoms. The van der Waals surface area contributed by atoms with Crippen LogP contribution in [0.4, 0.5) is 0 Å². The first-order valence-electron chi connectivity index (χ1n) is 5.50. The van der Waals surface area contributed by atoms with E-state index in [-0.39, 0.29) is 17.8 Å². The van der Waals surface area contributed by atoms with E-state index in [4.69, 9.17) is 4.74 Å². The van der Waals surface area contributed by atoms with E-state index < -0.39 is 6.04 Å². The summed E-state index contributed by atoms with van der Waals surface area (Å²) in [5.74, 6) is -0.247. The van der Waals surface area contributed by atoms with Gasteiger partial charge in [-0.2, -0.15) is 0 Å². The van der Waals surface area contributed by atoms with E-state index in [1.54, 1.807) is 0 Å². The molecule has 1 amide bonds. The van der Waals surface area contributed by atoms with Crippen molar-refractivity contribution >= 4 is 11.9 Å². The minimum atomic E-state index is -0.451. The van der Waals surface area contributed by atoms with Gasteiger partial charge in [0.05, 0.1) is 7.11 Å². The van der Waals surface area contributed by atoms with Crippen LogP contribution in [-0.4, -0.2) is 25.0 Å². The summed E-state index contributed by atoms with van der Waals surface area (Å²) in [6.45, 7) is 1.43. The van der Waals surface area contributed by atoms with Gasteiger partial charge in [-0.25, -0.2) is 4.79 Å². The quantitative estimate of drug-likeness (QED) is 0.718. The Morgan fingerprint density at radius 3 is 2.33 bits per heavy atom. The zero-order valence-electron chi connectivity index (χ0n) is 9.41. The molecule has 0 aromatic carbocycles. The number of carbonyl (C=O) groups is 2. The molecule has 4 heteroatoms. The molecule has 1 fully saturated rings. The van der Waals surface area contributed by atoms with Gasteiger partial charge < -0.3 is 10.1 Å². The van der Waals surface area contributed by atoms with Gasteiger partial charge in [0.25, 0.3) is 0 Å². The maximum Gasteiger partial charge on any atom is 0.328 e. The van der Waals surface area contributed by atoms with E-state index in [1.807, 2.05) is 0 Å². The smallest absolute Gasteiger partial charge is 0.328 e. The highest BCUT2D eigenvalue weighted by atomic mass is 16.5. The topological polar surface area (TPSA) is 55.4 Å². The van der Waals surface area contributed by atoms with Crippen LogP contribution in [0.2, 0.25) is 0 Å². The molecular formula is C11H19NO3. The van der Waals surface area contributed by atoms with Gasteiger partial charge in [-0.15, -0.1) is 0 Å². The predicted molar refractivity (Wildman–Crippen MR) is 56.2 cm³/mol. The number of ether oxygens (including phenoxy) is 1. The fourth-order valence-electron chi connectivity index (χ4n) is 2.18. The molecule has 15 heavy (non-hydrogen) atoms. The van der Waals surface area contributed by atoms with Gasteiger partial charge in [-0.1, -0.05) is 19.3 Å². The Bertz CT molecular complexity index is 234. The molecule has 0 heterocycles. The average molecular weight is 213 g/mol. The lowest BCUT2D eigenvalue weighted by Gasteiger charge is -2.28. The first-order valence-corrected chi connectivity index (χ1v) is 5.50. The normalized spacial score (nSPS) is 19.3. The van der Waals surface area contributed by atoms with E-state index in [1.165, 1.54) is 20.5 Å². The Balaban J connectivity index is 2.60.